The number of ether oxygens (including phenoxy) is 2. The summed E-state index contributed by atoms with van der Waals surface area (Å²) in [4.78, 5) is 78.3. The van der Waals surface area contributed by atoms with E-state index in [4.69, 9.17) is 9.47 Å². The third kappa shape index (κ3) is 10.7. The molecule has 15 nitrogen and oxygen atoms in total. The van der Waals surface area contributed by atoms with Crippen LogP contribution < -0.4 is 10.7 Å². The van der Waals surface area contributed by atoms with Crippen LogP contribution in [0.15, 0.2) is 84.3 Å². The molecule has 4 aliphatic heterocycles. The summed E-state index contributed by atoms with van der Waals surface area (Å²) in [5, 5.41) is 15.5. The van der Waals surface area contributed by atoms with Gasteiger partial charge in [-0.25, -0.2) is 5.43 Å². The number of alkyl halides is 3. The lowest BCUT2D eigenvalue weighted by Crippen LogP contribution is -2.60. The zero-order chi connectivity index (χ0) is 50.1. The van der Waals surface area contributed by atoms with E-state index in [9.17, 15) is 42.3 Å². The molecule has 18 heteroatoms. The largest absolute Gasteiger partial charge is 0.508 e. The van der Waals surface area contributed by atoms with Gasteiger partial charge in [0.15, 0.2) is 6.10 Å². The molecule has 5 aliphatic rings. The molecule has 2 aromatic rings. The van der Waals surface area contributed by atoms with Crippen LogP contribution in [0.3, 0.4) is 0 Å². The maximum Gasteiger partial charge on any atom is 0.420 e. The number of halogens is 3. The van der Waals surface area contributed by atoms with Gasteiger partial charge in [0.1, 0.15) is 23.5 Å². The molecule has 6 bridgehead atoms. The molecule has 2 fully saturated rings. The molecule has 4 amide bonds. The Balaban J connectivity index is 1.30. The number of hydrazine groups is 1. The Morgan fingerprint density at radius 1 is 1.16 bits per heavy atom. The van der Waals surface area contributed by atoms with Crippen molar-refractivity contribution in [3.05, 3.63) is 107 Å². The molecule has 0 radical (unpaired) electrons. The van der Waals surface area contributed by atoms with Gasteiger partial charge >= 0.3 is 12.1 Å². The van der Waals surface area contributed by atoms with E-state index in [1.54, 1.807) is 32.0 Å². The van der Waals surface area contributed by atoms with Crippen molar-refractivity contribution in [2.75, 3.05) is 46.9 Å². The molecule has 2 unspecified atom stereocenters. The molecular weight excluding hydrogens is 896 g/mol. The third-order valence-corrected chi connectivity index (χ3v) is 13.5. The molecule has 0 saturated carbocycles. The number of methoxy groups -OCH3 is 1. The minimum Gasteiger partial charge on any atom is -0.508 e. The molecule has 1 aromatic heterocycles. The van der Waals surface area contributed by atoms with Gasteiger partial charge in [-0.3, -0.25) is 34.0 Å². The summed E-state index contributed by atoms with van der Waals surface area (Å²) in [5.74, 6) is -3.61. The topological polar surface area (TPSA) is 174 Å². The van der Waals surface area contributed by atoms with Crippen LogP contribution in [0.2, 0.25) is 0 Å². The Kier molecular flexibility index (Phi) is 14.9. The Morgan fingerprint density at radius 3 is 2.59 bits per heavy atom. The minimum atomic E-state index is -4.76. The van der Waals surface area contributed by atoms with Crippen molar-refractivity contribution in [2.45, 2.75) is 97.1 Å². The number of carbonyl (C=O) groups is 5. The van der Waals surface area contributed by atoms with Crippen LogP contribution in [-0.2, 0) is 39.9 Å². The van der Waals surface area contributed by atoms with Crippen LogP contribution in [0.4, 0.5) is 13.2 Å². The Morgan fingerprint density at radius 2 is 1.91 bits per heavy atom. The van der Waals surface area contributed by atoms with Gasteiger partial charge in [0.2, 0.25) is 11.8 Å². The second-order valence-electron chi connectivity index (χ2n) is 19.4. The fourth-order valence-corrected chi connectivity index (χ4v) is 10.3. The van der Waals surface area contributed by atoms with E-state index in [1.807, 2.05) is 45.1 Å². The van der Waals surface area contributed by atoms with Crippen molar-refractivity contribution >= 4 is 40.9 Å². The number of hydrogen-bond donors (Lipinski definition) is 3. The summed E-state index contributed by atoms with van der Waals surface area (Å²) < 4.78 is 54.8. The van der Waals surface area contributed by atoms with Gasteiger partial charge in [0, 0.05) is 75.5 Å². The fourth-order valence-electron chi connectivity index (χ4n) is 10.3. The molecule has 370 valence electrons. The van der Waals surface area contributed by atoms with Crippen molar-refractivity contribution in [2.24, 2.45) is 17.3 Å². The average Bonchev–Trinajstić information content (AvgIpc) is 3.92. The van der Waals surface area contributed by atoms with Crippen molar-refractivity contribution in [3.63, 3.8) is 0 Å². The molecule has 7 rings (SSSR count). The van der Waals surface area contributed by atoms with Crippen molar-refractivity contribution in [3.8, 4) is 5.75 Å². The molecular formula is C51H62F3N7O8. The summed E-state index contributed by atoms with van der Waals surface area (Å²) in [6, 6.07) is 5.60. The number of phenols is 1. The van der Waals surface area contributed by atoms with Gasteiger partial charge in [0.05, 0.1) is 24.3 Å². The van der Waals surface area contributed by atoms with Crippen LogP contribution in [0.5, 0.6) is 5.75 Å². The maximum absolute atomic E-state index is 14.7. The first kappa shape index (κ1) is 50.6. The fraction of sp³-hybridized carbons (Fsp3) is 0.490. The molecule has 5 heterocycles. The summed E-state index contributed by atoms with van der Waals surface area (Å²) in [6.07, 6.45) is 2.71. The van der Waals surface area contributed by atoms with Gasteiger partial charge in [-0.15, -0.1) is 0 Å². The van der Waals surface area contributed by atoms with Crippen LogP contribution >= 0.6 is 0 Å². The zero-order valence-electron chi connectivity index (χ0n) is 40.2. The highest BCUT2D eigenvalue weighted by Gasteiger charge is 2.47. The van der Waals surface area contributed by atoms with Crippen LogP contribution in [0, 0.1) is 17.3 Å². The lowest BCUT2D eigenvalue weighted by atomic mass is 9.77. The number of cyclic esters (lactones) is 1. The van der Waals surface area contributed by atoms with Crippen molar-refractivity contribution in [1.29, 1.82) is 0 Å². The summed E-state index contributed by atoms with van der Waals surface area (Å²) in [5.41, 5.74) is 5.94. The Hall–Kier alpha value is -6.27. The zero-order valence-corrected chi connectivity index (χ0v) is 40.2. The first-order valence-electron chi connectivity index (χ1n) is 23.4. The Bertz CT molecular complexity index is 2510. The van der Waals surface area contributed by atoms with Gasteiger partial charge < -0.3 is 34.6 Å². The molecule has 1 aliphatic carbocycles. The number of hydrogen-bond acceptors (Lipinski definition) is 11. The van der Waals surface area contributed by atoms with Crippen LogP contribution in [0.25, 0.3) is 11.3 Å². The second-order valence-corrected chi connectivity index (χ2v) is 19.4. The number of pyridine rings is 1. The number of phenolic OH excluding ortho intramolecular Hbond substituents is 1. The summed E-state index contributed by atoms with van der Waals surface area (Å²) in [7, 11) is 2.49. The first-order chi connectivity index (χ1) is 32.7. The first-order valence-corrected chi connectivity index (χ1v) is 23.4. The number of aromatic hydroxyl groups is 1. The van der Waals surface area contributed by atoms with E-state index in [1.165, 1.54) is 40.2 Å². The maximum atomic E-state index is 14.7. The number of fused-ring (bicyclic) bond motifs is 5. The molecule has 3 N–H and O–H groups in total. The normalized spacial score (nSPS) is 24.2. The monoisotopic (exact) mass is 957 g/mol. The van der Waals surface area contributed by atoms with Gasteiger partial charge in [-0.05, 0) is 105 Å². The smallest absolute Gasteiger partial charge is 0.420 e. The number of esters is 1. The predicted molar refractivity (Wildman–Crippen MR) is 251 cm³/mol. The van der Waals surface area contributed by atoms with E-state index in [0.717, 1.165) is 12.7 Å². The van der Waals surface area contributed by atoms with Gasteiger partial charge in [-0.1, -0.05) is 44.7 Å². The number of carbonyl (C=O) groups excluding carboxylic acids is 5. The van der Waals surface area contributed by atoms with Crippen molar-refractivity contribution < 1.29 is 51.7 Å². The predicted octanol–water partition coefficient (Wildman–Crippen LogP) is 6.00. The highest BCUT2D eigenvalue weighted by atomic mass is 19.4. The van der Waals surface area contributed by atoms with E-state index in [0.29, 0.717) is 66.7 Å². The summed E-state index contributed by atoms with van der Waals surface area (Å²) >= 11 is 0. The summed E-state index contributed by atoms with van der Waals surface area (Å²) in [6.45, 7) is 13.7. The Labute approximate surface area is 400 Å². The number of benzene rings is 1. The van der Waals surface area contributed by atoms with E-state index >= 15 is 0 Å². The second kappa shape index (κ2) is 20.4. The third-order valence-electron chi connectivity index (χ3n) is 13.5. The quantitative estimate of drug-likeness (QED) is 0.199. The number of amides is 4. The average molecular weight is 958 g/mol. The SMILES string of the molecule is C=CC(=O)N1CC[C@H](C(=O)N(C)C(C(=O)N[C@H]2Cc3cc(O)cc(c3)C3=CC4C(=C(c5cccnc5[C@@H](OC)C(F)(F)F)N(CC)C4C=C3)CC(C)(C)COC(=O)[C@@H]3CCCN(N3)C2=O)=C(C)C)C1. The van der Waals surface area contributed by atoms with E-state index in [2.05, 4.69) is 27.2 Å². The molecule has 69 heavy (non-hydrogen) atoms. The number of nitrogens with zero attached hydrogens (tertiary/aromatic N) is 5. The number of nitrogens with one attached hydrogen (secondary N) is 2. The van der Waals surface area contributed by atoms with Crippen LogP contribution in [0.1, 0.15) is 88.8 Å². The number of allylic oxidation sites excluding steroid dienone is 3. The van der Waals surface area contributed by atoms with E-state index < -0.39 is 59.4 Å². The van der Waals surface area contributed by atoms with Gasteiger partial charge in [0.25, 0.3) is 11.8 Å². The van der Waals surface area contributed by atoms with Crippen molar-refractivity contribution in [1.82, 2.24) is 35.4 Å². The molecule has 0 spiro atoms. The molecule has 2 saturated heterocycles. The highest BCUT2D eigenvalue weighted by molar-refractivity contribution is 6.01. The molecule has 1 aromatic carbocycles. The minimum absolute atomic E-state index is 0.0237. The highest BCUT2D eigenvalue weighted by Crippen LogP contribution is 2.50. The van der Waals surface area contributed by atoms with E-state index in [-0.39, 0.29) is 66.7 Å². The number of aromatic nitrogens is 1. The number of rotatable bonds is 9. The number of likely N-dealkylation sites (N-methyl/N-ethyl adjacent to an activating group) is 2. The number of likely N-dealkylation sites (tertiary alicyclic amines) is 1. The lowest BCUT2D eigenvalue weighted by molar-refractivity contribution is -0.217. The standard InChI is InChI=1S/C51H62F3N7O8/c1-9-41(63)59-20-17-32(27-59)47(65)58(7)43(29(3)4)46(64)56-39-23-30-21-33(24-34(62)22-30)31-15-16-40-36(25-31)37(26-50(5,6)28-69-49(67)38-14-12-19-61(57-38)48(39)66)44(60(40)10-2)35-13-11-18-55-42(35)45(68-8)51(52,53)54/h9,11,13,15-16,18,21-22,24-25,32,36,38-40,45,57,62H,1,10,12,14,17,19-20,23,26-28H2,2-8H3,(H,56,64)/t32-,36?,38-,39-,40?,45+/m0/s1. The van der Waals surface area contributed by atoms with Crippen LogP contribution in [-0.4, -0.2) is 131 Å². The lowest BCUT2D eigenvalue weighted by Gasteiger charge is -2.36. The van der Waals surface area contributed by atoms with Gasteiger partial charge in [-0.2, -0.15) is 13.2 Å². The molecule has 6 atom stereocenters.